The van der Waals surface area contributed by atoms with Crippen molar-refractivity contribution in [2.75, 3.05) is 39.2 Å². The maximum absolute atomic E-state index is 6.01. The van der Waals surface area contributed by atoms with Gasteiger partial charge < -0.3 is 25.0 Å². The van der Waals surface area contributed by atoms with Gasteiger partial charge in [-0.05, 0) is 29.8 Å². The number of guanidine groups is 1. The van der Waals surface area contributed by atoms with Crippen LogP contribution in [-0.4, -0.2) is 51.3 Å². The first-order valence-corrected chi connectivity index (χ1v) is 10.0. The molecule has 1 aliphatic rings. The highest BCUT2D eigenvalue weighted by Gasteiger charge is 2.20. The Bertz CT molecular complexity index is 1050. The van der Waals surface area contributed by atoms with Crippen LogP contribution in [0.2, 0.25) is 0 Å². The largest absolute Gasteiger partial charge is 0.486 e. The predicted octanol–water partition coefficient (Wildman–Crippen LogP) is 2.81. The zero-order chi connectivity index (χ0) is 20.9. The van der Waals surface area contributed by atoms with Crippen molar-refractivity contribution >= 4 is 22.7 Å². The highest BCUT2D eigenvalue weighted by Crippen LogP contribution is 2.30. The number of anilines is 1. The summed E-state index contributed by atoms with van der Waals surface area (Å²) in [7, 11) is 5.76. The minimum Gasteiger partial charge on any atom is -0.486 e. The molecule has 7 heteroatoms. The van der Waals surface area contributed by atoms with E-state index in [-0.39, 0.29) is 6.10 Å². The second-order valence-corrected chi connectivity index (χ2v) is 7.36. The zero-order valence-corrected chi connectivity index (χ0v) is 17.6. The molecule has 1 unspecified atom stereocenters. The van der Waals surface area contributed by atoms with Crippen molar-refractivity contribution in [2.45, 2.75) is 12.6 Å². The fourth-order valence-corrected chi connectivity index (χ4v) is 3.38. The number of hydrogen-bond donors (Lipinski definition) is 2. The van der Waals surface area contributed by atoms with E-state index in [0.29, 0.717) is 25.7 Å². The van der Waals surface area contributed by atoms with E-state index < -0.39 is 0 Å². The molecule has 0 aliphatic carbocycles. The van der Waals surface area contributed by atoms with Crippen molar-refractivity contribution in [3.8, 4) is 11.5 Å². The summed E-state index contributed by atoms with van der Waals surface area (Å²) >= 11 is 0. The van der Waals surface area contributed by atoms with Crippen LogP contribution in [0.4, 0.5) is 5.82 Å². The maximum atomic E-state index is 6.01. The van der Waals surface area contributed by atoms with Crippen LogP contribution in [-0.2, 0) is 6.54 Å². The minimum absolute atomic E-state index is 0.0828. The molecule has 2 aromatic carbocycles. The Morgan fingerprint density at radius 3 is 2.67 bits per heavy atom. The normalized spacial score (nSPS) is 15.7. The van der Waals surface area contributed by atoms with Crippen molar-refractivity contribution in [3.63, 3.8) is 0 Å². The number of aromatic nitrogens is 1. The highest BCUT2D eigenvalue weighted by atomic mass is 16.6. The standard InChI is InChI=1S/C23H27N5O2/c1-24-23(26-14-17-15-29-20-10-6-7-11-21(20)30-17)25-13-16-12-22(28(2)3)27-19-9-5-4-8-18(16)19/h4-12,17H,13-15H2,1-3H3,(H2,24,25,26). The van der Waals surface area contributed by atoms with Gasteiger partial charge in [0.15, 0.2) is 17.5 Å². The number of aliphatic imine (C=N–C) groups is 1. The molecule has 156 valence electrons. The fourth-order valence-electron chi connectivity index (χ4n) is 3.38. The number of fused-ring (bicyclic) bond motifs is 2. The van der Waals surface area contributed by atoms with Crippen molar-refractivity contribution in [1.29, 1.82) is 0 Å². The average Bonchev–Trinajstić information content (AvgIpc) is 2.78. The van der Waals surface area contributed by atoms with Crippen LogP contribution in [0.15, 0.2) is 59.6 Å². The summed E-state index contributed by atoms with van der Waals surface area (Å²) < 4.78 is 11.8. The molecule has 0 amide bonds. The summed E-state index contributed by atoms with van der Waals surface area (Å²) in [5.41, 5.74) is 2.15. The van der Waals surface area contributed by atoms with Crippen LogP contribution >= 0.6 is 0 Å². The molecule has 2 N–H and O–H groups in total. The molecule has 3 aromatic rings. The first kappa shape index (κ1) is 19.8. The van der Waals surface area contributed by atoms with Gasteiger partial charge in [-0.3, -0.25) is 4.99 Å². The van der Waals surface area contributed by atoms with Crippen molar-refractivity contribution in [2.24, 2.45) is 4.99 Å². The molecule has 0 saturated heterocycles. The van der Waals surface area contributed by atoms with Gasteiger partial charge in [-0.1, -0.05) is 30.3 Å². The number of rotatable bonds is 5. The molecule has 4 rings (SSSR count). The van der Waals surface area contributed by atoms with Gasteiger partial charge in [0.25, 0.3) is 0 Å². The molecular formula is C23H27N5O2. The lowest BCUT2D eigenvalue weighted by Gasteiger charge is -2.27. The number of ether oxygens (including phenoxy) is 2. The van der Waals surface area contributed by atoms with Gasteiger partial charge in [0.05, 0.1) is 12.1 Å². The SMILES string of the molecule is CN=C(NCc1cc(N(C)C)nc2ccccc12)NCC1COc2ccccc2O1. The average molecular weight is 406 g/mol. The van der Waals surface area contributed by atoms with E-state index in [1.807, 2.05) is 61.5 Å². The number of para-hydroxylation sites is 3. The summed E-state index contributed by atoms with van der Waals surface area (Å²) in [5.74, 6) is 3.21. The number of benzene rings is 2. The minimum atomic E-state index is -0.0828. The smallest absolute Gasteiger partial charge is 0.191 e. The quantitative estimate of drug-likeness (QED) is 0.503. The monoisotopic (exact) mass is 405 g/mol. The lowest BCUT2D eigenvalue weighted by atomic mass is 10.1. The van der Waals surface area contributed by atoms with E-state index in [9.17, 15) is 0 Å². The molecule has 1 aromatic heterocycles. The van der Waals surface area contributed by atoms with Gasteiger partial charge in [-0.2, -0.15) is 0 Å². The molecule has 0 radical (unpaired) electrons. The van der Waals surface area contributed by atoms with Gasteiger partial charge in [0, 0.05) is 33.1 Å². The molecule has 30 heavy (non-hydrogen) atoms. The van der Waals surface area contributed by atoms with Crippen LogP contribution in [0.1, 0.15) is 5.56 Å². The summed E-state index contributed by atoms with van der Waals surface area (Å²) in [6.45, 7) is 1.73. The van der Waals surface area contributed by atoms with E-state index in [0.717, 1.165) is 28.2 Å². The van der Waals surface area contributed by atoms with E-state index in [1.54, 1.807) is 7.05 Å². The predicted molar refractivity (Wildman–Crippen MR) is 121 cm³/mol. The zero-order valence-electron chi connectivity index (χ0n) is 17.6. The molecule has 0 bridgehead atoms. The summed E-state index contributed by atoms with van der Waals surface area (Å²) in [6, 6.07) is 18.0. The second-order valence-electron chi connectivity index (χ2n) is 7.36. The van der Waals surface area contributed by atoms with Crippen LogP contribution < -0.4 is 25.0 Å². The van der Waals surface area contributed by atoms with E-state index in [4.69, 9.17) is 14.5 Å². The maximum Gasteiger partial charge on any atom is 0.191 e. The van der Waals surface area contributed by atoms with Crippen LogP contribution in [0.5, 0.6) is 11.5 Å². The molecule has 1 atom stereocenters. The fraction of sp³-hybridized carbons (Fsp3) is 0.304. The van der Waals surface area contributed by atoms with Crippen LogP contribution in [0.25, 0.3) is 10.9 Å². The van der Waals surface area contributed by atoms with Crippen molar-refractivity contribution in [1.82, 2.24) is 15.6 Å². The summed E-state index contributed by atoms with van der Waals surface area (Å²) in [6.07, 6.45) is -0.0828. The Hall–Kier alpha value is -3.48. The number of nitrogens with zero attached hydrogens (tertiary/aromatic N) is 3. The Labute approximate surface area is 176 Å². The Kier molecular flexibility index (Phi) is 5.88. The second kappa shape index (κ2) is 8.90. The third-order valence-electron chi connectivity index (χ3n) is 4.98. The Balaban J connectivity index is 1.39. The molecule has 1 aliphatic heterocycles. The van der Waals surface area contributed by atoms with Gasteiger partial charge in [0.2, 0.25) is 0 Å². The number of nitrogens with one attached hydrogen (secondary N) is 2. The molecule has 0 spiro atoms. The molecule has 0 fully saturated rings. The van der Waals surface area contributed by atoms with E-state index >= 15 is 0 Å². The Morgan fingerprint density at radius 2 is 1.87 bits per heavy atom. The lowest BCUT2D eigenvalue weighted by Crippen LogP contribution is -2.45. The van der Waals surface area contributed by atoms with Gasteiger partial charge in [0.1, 0.15) is 18.5 Å². The first-order valence-electron chi connectivity index (χ1n) is 10.0. The van der Waals surface area contributed by atoms with Crippen molar-refractivity contribution in [3.05, 3.63) is 60.2 Å². The first-order chi connectivity index (χ1) is 14.6. The van der Waals surface area contributed by atoms with E-state index in [2.05, 4.69) is 27.8 Å². The topological polar surface area (TPSA) is 71.0 Å². The van der Waals surface area contributed by atoms with Crippen molar-refractivity contribution < 1.29 is 9.47 Å². The molecular weight excluding hydrogens is 378 g/mol. The molecule has 2 heterocycles. The number of pyridine rings is 1. The summed E-state index contributed by atoms with van der Waals surface area (Å²) in [5, 5.41) is 7.86. The van der Waals surface area contributed by atoms with Gasteiger partial charge in [-0.25, -0.2) is 4.98 Å². The third-order valence-corrected chi connectivity index (χ3v) is 4.98. The van der Waals surface area contributed by atoms with E-state index in [1.165, 1.54) is 5.56 Å². The lowest BCUT2D eigenvalue weighted by molar-refractivity contribution is 0.0936. The summed E-state index contributed by atoms with van der Waals surface area (Å²) in [4.78, 5) is 11.1. The molecule has 0 saturated carbocycles. The van der Waals surface area contributed by atoms with Gasteiger partial charge >= 0.3 is 0 Å². The van der Waals surface area contributed by atoms with Crippen LogP contribution in [0.3, 0.4) is 0 Å². The molecule has 7 nitrogen and oxygen atoms in total. The number of hydrogen-bond acceptors (Lipinski definition) is 5. The van der Waals surface area contributed by atoms with Crippen LogP contribution in [0, 0.1) is 0 Å². The van der Waals surface area contributed by atoms with Gasteiger partial charge in [-0.15, -0.1) is 0 Å². The third kappa shape index (κ3) is 4.40. The highest BCUT2D eigenvalue weighted by molar-refractivity contribution is 5.85. The Morgan fingerprint density at radius 1 is 1.10 bits per heavy atom.